The van der Waals surface area contributed by atoms with Gasteiger partial charge >= 0.3 is 0 Å². The molecule has 0 saturated heterocycles. The molecule has 0 atom stereocenters. The van der Waals surface area contributed by atoms with Gasteiger partial charge in [-0.05, 0) is 44.5 Å². The highest BCUT2D eigenvalue weighted by molar-refractivity contribution is 6.32. The van der Waals surface area contributed by atoms with E-state index in [9.17, 15) is 4.79 Å². The van der Waals surface area contributed by atoms with Gasteiger partial charge in [0, 0.05) is 37.5 Å². The van der Waals surface area contributed by atoms with Gasteiger partial charge in [-0.15, -0.1) is 0 Å². The van der Waals surface area contributed by atoms with Gasteiger partial charge in [-0.1, -0.05) is 11.6 Å². The Balaban J connectivity index is 2.19. The van der Waals surface area contributed by atoms with E-state index in [4.69, 9.17) is 21.1 Å². The van der Waals surface area contributed by atoms with Gasteiger partial charge in [0.05, 0.1) is 24.9 Å². The molecule has 0 spiro atoms. The summed E-state index contributed by atoms with van der Waals surface area (Å²) in [5.74, 6) is 0.955. The molecular weight excluding hydrogens is 366 g/mol. The molecule has 1 aromatic heterocycles. The first-order valence-electron chi connectivity index (χ1n) is 8.82. The van der Waals surface area contributed by atoms with Crippen LogP contribution < -0.4 is 9.47 Å². The second-order valence-electron chi connectivity index (χ2n) is 6.38. The van der Waals surface area contributed by atoms with Gasteiger partial charge in [0.25, 0.3) is 0 Å². The largest absolute Gasteiger partial charge is 0.493 e. The summed E-state index contributed by atoms with van der Waals surface area (Å²) >= 11 is 6.29. The van der Waals surface area contributed by atoms with Crippen molar-refractivity contribution in [3.05, 3.63) is 46.8 Å². The summed E-state index contributed by atoms with van der Waals surface area (Å²) in [6.45, 7) is 6.84. The number of aryl methyl sites for hydroxylation is 1. The van der Waals surface area contributed by atoms with Crippen LogP contribution in [0.5, 0.6) is 11.5 Å². The highest BCUT2D eigenvalue weighted by Gasteiger charge is 2.16. The molecule has 0 fully saturated rings. The van der Waals surface area contributed by atoms with E-state index in [0.29, 0.717) is 29.7 Å². The second-order valence-corrected chi connectivity index (χ2v) is 6.79. The molecule has 1 aromatic carbocycles. The third kappa shape index (κ3) is 5.50. The summed E-state index contributed by atoms with van der Waals surface area (Å²) in [6.07, 6.45) is 6.94. The molecule has 0 saturated carbocycles. The Bertz CT molecular complexity index is 815. The zero-order valence-electron chi connectivity index (χ0n) is 16.4. The van der Waals surface area contributed by atoms with Gasteiger partial charge < -0.3 is 14.4 Å². The average Bonchev–Trinajstić information content (AvgIpc) is 3.04. The van der Waals surface area contributed by atoms with Gasteiger partial charge in [0.2, 0.25) is 5.91 Å². The SMILES string of the molecule is CCOc1c(Cl)cc(/C=C/C(=O)N(Cc2cnn(C)c2)C(C)C)cc1OC. The number of ether oxygens (including phenoxy) is 2. The first kappa shape index (κ1) is 20.8. The van der Waals surface area contributed by atoms with Crippen LogP contribution in [-0.4, -0.2) is 40.3 Å². The number of amides is 1. The summed E-state index contributed by atoms with van der Waals surface area (Å²) in [4.78, 5) is 14.5. The van der Waals surface area contributed by atoms with Crippen LogP contribution in [-0.2, 0) is 18.4 Å². The number of hydrogen-bond acceptors (Lipinski definition) is 4. The number of benzene rings is 1. The Morgan fingerprint density at radius 3 is 2.70 bits per heavy atom. The lowest BCUT2D eigenvalue weighted by atomic mass is 10.1. The Morgan fingerprint density at radius 1 is 1.41 bits per heavy atom. The molecule has 0 aliphatic carbocycles. The monoisotopic (exact) mass is 391 g/mol. The average molecular weight is 392 g/mol. The zero-order chi connectivity index (χ0) is 20.0. The van der Waals surface area contributed by atoms with E-state index in [1.165, 1.54) is 0 Å². The van der Waals surface area contributed by atoms with Gasteiger partial charge in [-0.25, -0.2) is 0 Å². The Morgan fingerprint density at radius 2 is 2.15 bits per heavy atom. The Hall–Kier alpha value is -2.47. The van der Waals surface area contributed by atoms with Crippen molar-refractivity contribution in [1.82, 2.24) is 14.7 Å². The standard InChI is InChI=1S/C20H26ClN3O3/c1-6-27-20-17(21)9-15(10-18(20)26-5)7-8-19(25)24(14(2)3)13-16-11-22-23(4)12-16/h7-12,14H,6,13H2,1-5H3/b8-7+. The lowest BCUT2D eigenvalue weighted by molar-refractivity contribution is -0.128. The number of methoxy groups -OCH3 is 1. The third-order valence-corrected chi connectivity index (χ3v) is 4.26. The molecule has 2 rings (SSSR count). The molecule has 7 heteroatoms. The minimum absolute atomic E-state index is 0.0563. The fourth-order valence-corrected chi connectivity index (χ4v) is 2.92. The van der Waals surface area contributed by atoms with E-state index in [1.54, 1.807) is 47.2 Å². The maximum absolute atomic E-state index is 12.7. The molecular formula is C20H26ClN3O3. The maximum atomic E-state index is 12.7. The van der Waals surface area contributed by atoms with Crippen LogP contribution in [0.4, 0.5) is 0 Å². The summed E-state index contributed by atoms with van der Waals surface area (Å²) in [5, 5.41) is 4.60. The van der Waals surface area contributed by atoms with Gasteiger partial charge in [-0.3, -0.25) is 9.48 Å². The van der Waals surface area contributed by atoms with Crippen molar-refractivity contribution in [2.75, 3.05) is 13.7 Å². The van der Waals surface area contributed by atoms with Crippen LogP contribution in [0, 0.1) is 0 Å². The minimum atomic E-state index is -0.0853. The number of carbonyl (C=O) groups is 1. The van der Waals surface area contributed by atoms with Crippen LogP contribution in [0.25, 0.3) is 6.08 Å². The molecule has 1 amide bonds. The minimum Gasteiger partial charge on any atom is -0.493 e. The number of aromatic nitrogens is 2. The number of rotatable bonds is 8. The molecule has 2 aromatic rings. The summed E-state index contributed by atoms with van der Waals surface area (Å²) in [6, 6.07) is 3.60. The van der Waals surface area contributed by atoms with E-state index in [2.05, 4.69) is 5.10 Å². The van der Waals surface area contributed by atoms with E-state index < -0.39 is 0 Å². The lowest BCUT2D eigenvalue weighted by Gasteiger charge is -2.25. The Kier molecular flexibility index (Phi) is 7.30. The molecule has 0 aliphatic heterocycles. The van der Waals surface area contributed by atoms with Crippen molar-refractivity contribution in [3.8, 4) is 11.5 Å². The molecule has 146 valence electrons. The molecule has 0 N–H and O–H groups in total. The van der Waals surface area contributed by atoms with Crippen molar-refractivity contribution < 1.29 is 14.3 Å². The van der Waals surface area contributed by atoms with Gasteiger partial charge in [0.1, 0.15) is 0 Å². The highest BCUT2D eigenvalue weighted by Crippen LogP contribution is 2.36. The van der Waals surface area contributed by atoms with Crippen molar-refractivity contribution >= 4 is 23.6 Å². The fourth-order valence-electron chi connectivity index (χ4n) is 2.65. The second kappa shape index (κ2) is 9.46. The molecule has 0 bridgehead atoms. The van der Waals surface area contributed by atoms with E-state index in [1.807, 2.05) is 34.0 Å². The molecule has 6 nitrogen and oxygen atoms in total. The number of halogens is 1. The lowest BCUT2D eigenvalue weighted by Crippen LogP contribution is -2.35. The summed E-state index contributed by atoms with van der Waals surface area (Å²) in [5.41, 5.74) is 1.75. The summed E-state index contributed by atoms with van der Waals surface area (Å²) < 4.78 is 12.6. The van der Waals surface area contributed by atoms with Crippen molar-refractivity contribution in [3.63, 3.8) is 0 Å². The highest BCUT2D eigenvalue weighted by atomic mass is 35.5. The molecule has 0 aliphatic rings. The van der Waals surface area contributed by atoms with Crippen LogP contribution >= 0.6 is 11.6 Å². The van der Waals surface area contributed by atoms with Gasteiger partial charge in [-0.2, -0.15) is 5.10 Å². The maximum Gasteiger partial charge on any atom is 0.247 e. The molecule has 1 heterocycles. The molecule has 0 unspecified atom stereocenters. The fraction of sp³-hybridized carbons (Fsp3) is 0.400. The van der Waals surface area contributed by atoms with E-state index in [-0.39, 0.29) is 11.9 Å². The normalized spacial score (nSPS) is 11.2. The van der Waals surface area contributed by atoms with Crippen molar-refractivity contribution in [1.29, 1.82) is 0 Å². The molecule has 27 heavy (non-hydrogen) atoms. The number of nitrogens with zero attached hydrogens (tertiary/aromatic N) is 3. The number of hydrogen-bond donors (Lipinski definition) is 0. The number of carbonyl (C=O) groups excluding carboxylic acids is 1. The van der Waals surface area contributed by atoms with Gasteiger partial charge in [0.15, 0.2) is 11.5 Å². The van der Waals surface area contributed by atoms with E-state index >= 15 is 0 Å². The Labute approximate surface area is 165 Å². The third-order valence-electron chi connectivity index (χ3n) is 3.98. The first-order valence-corrected chi connectivity index (χ1v) is 9.20. The smallest absolute Gasteiger partial charge is 0.247 e. The molecule has 0 radical (unpaired) electrons. The zero-order valence-corrected chi connectivity index (χ0v) is 17.2. The topological polar surface area (TPSA) is 56.6 Å². The van der Waals surface area contributed by atoms with Crippen molar-refractivity contribution in [2.24, 2.45) is 7.05 Å². The van der Waals surface area contributed by atoms with Crippen LogP contribution in [0.2, 0.25) is 5.02 Å². The van der Waals surface area contributed by atoms with Crippen molar-refractivity contribution in [2.45, 2.75) is 33.4 Å². The first-order chi connectivity index (χ1) is 12.8. The van der Waals surface area contributed by atoms with E-state index in [0.717, 1.165) is 11.1 Å². The quantitative estimate of drug-likeness (QED) is 0.640. The van der Waals surface area contributed by atoms with Crippen LogP contribution in [0.1, 0.15) is 31.9 Å². The predicted octanol–water partition coefficient (Wildman–Crippen LogP) is 3.93. The predicted molar refractivity (Wildman–Crippen MR) is 107 cm³/mol. The van der Waals surface area contributed by atoms with Crippen LogP contribution in [0.15, 0.2) is 30.6 Å². The summed E-state index contributed by atoms with van der Waals surface area (Å²) in [7, 11) is 3.41. The van der Waals surface area contributed by atoms with Crippen LogP contribution in [0.3, 0.4) is 0 Å².